The second kappa shape index (κ2) is 9.59. The van der Waals surface area contributed by atoms with Crippen molar-refractivity contribution in [1.29, 1.82) is 0 Å². The molecule has 0 spiro atoms. The quantitative estimate of drug-likeness (QED) is 0.830. The van der Waals surface area contributed by atoms with Crippen LogP contribution >= 0.6 is 13.5 Å². The largest absolute Gasteiger partial charge is 0.355 e. The molecule has 0 saturated heterocycles. The Labute approximate surface area is 101 Å². The van der Waals surface area contributed by atoms with Crippen LogP contribution in [0, 0.1) is 0 Å². The summed E-state index contributed by atoms with van der Waals surface area (Å²) in [4.78, 5) is 11.1. The van der Waals surface area contributed by atoms with Crippen molar-refractivity contribution in [1.82, 2.24) is 5.32 Å². The lowest BCUT2D eigenvalue weighted by Crippen LogP contribution is -2.17. The maximum absolute atomic E-state index is 11.1. The molecular formula is C12H23NOS. The van der Waals surface area contributed by atoms with Gasteiger partial charge in [0.1, 0.15) is 0 Å². The molecule has 0 heterocycles. The van der Waals surface area contributed by atoms with Crippen LogP contribution < -0.4 is 5.32 Å². The van der Waals surface area contributed by atoms with E-state index in [1.165, 1.54) is 5.56 Å². The van der Waals surface area contributed by atoms with Crippen molar-refractivity contribution in [2.24, 2.45) is 0 Å². The fraction of sp³-hybridized carbons (Fsp3) is 0.417. The smallest absolute Gasteiger partial charge is 0.251 e. The molecule has 0 aromatic heterocycles. The van der Waals surface area contributed by atoms with Crippen LogP contribution in [0.4, 0.5) is 0 Å². The van der Waals surface area contributed by atoms with Crippen LogP contribution in [0.15, 0.2) is 24.3 Å². The maximum Gasteiger partial charge on any atom is 0.251 e. The van der Waals surface area contributed by atoms with Crippen molar-refractivity contribution >= 4 is 19.4 Å². The molecule has 0 aliphatic carbocycles. The summed E-state index contributed by atoms with van der Waals surface area (Å²) < 4.78 is 0. The number of nitrogens with one attached hydrogen (secondary N) is 1. The first-order chi connectivity index (χ1) is 6.77. The molecule has 15 heavy (non-hydrogen) atoms. The van der Waals surface area contributed by atoms with E-state index < -0.39 is 0 Å². The molecule has 3 heteroatoms. The van der Waals surface area contributed by atoms with E-state index in [0.29, 0.717) is 0 Å². The standard InChI is InChI=1S/C10H13NO.C2H6.H2S.H2/c1-3-8-4-6-9(7-5-8)10(12)11-2;1-2;;/h4-7H,3H2,1-2H3,(H,11,12);1-2H3;1H2;1H. The molecular weight excluding hydrogens is 206 g/mol. The van der Waals surface area contributed by atoms with E-state index in [2.05, 4.69) is 12.2 Å². The van der Waals surface area contributed by atoms with Gasteiger partial charge < -0.3 is 5.32 Å². The zero-order valence-corrected chi connectivity index (χ0v) is 10.9. The summed E-state index contributed by atoms with van der Waals surface area (Å²) in [5, 5.41) is 2.58. The fourth-order valence-electron chi connectivity index (χ4n) is 1.04. The van der Waals surface area contributed by atoms with Crippen LogP contribution in [-0.2, 0) is 6.42 Å². The van der Waals surface area contributed by atoms with E-state index in [9.17, 15) is 4.79 Å². The summed E-state index contributed by atoms with van der Waals surface area (Å²) >= 11 is 0. The number of hydrogen-bond donors (Lipinski definition) is 1. The molecule has 2 nitrogen and oxygen atoms in total. The molecule has 0 fully saturated rings. The van der Waals surface area contributed by atoms with Gasteiger partial charge in [-0.2, -0.15) is 13.5 Å². The third-order valence-corrected chi connectivity index (χ3v) is 1.85. The van der Waals surface area contributed by atoms with Crippen molar-refractivity contribution in [3.8, 4) is 0 Å². The van der Waals surface area contributed by atoms with Gasteiger partial charge in [0, 0.05) is 14.0 Å². The first-order valence-corrected chi connectivity index (χ1v) is 5.09. The second-order valence-corrected chi connectivity index (χ2v) is 2.63. The molecule has 0 bridgehead atoms. The Morgan fingerprint density at radius 3 is 2.07 bits per heavy atom. The van der Waals surface area contributed by atoms with Gasteiger partial charge in [0.15, 0.2) is 0 Å². The molecule has 0 saturated carbocycles. The average Bonchev–Trinajstić information content (AvgIpc) is 2.31. The number of carbonyl (C=O) groups excluding carboxylic acids is 1. The van der Waals surface area contributed by atoms with Gasteiger partial charge in [0.25, 0.3) is 5.91 Å². The van der Waals surface area contributed by atoms with Crippen LogP contribution in [0.25, 0.3) is 0 Å². The van der Waals surface area contributed by atoms with Crippen LogP contribution in [0.3, 0.4) is 0 Å². The minimum Gasteiger partial charge on any atom is -0.355 e. The lowest BCUT2D eigenvalue weighted by molar-refractivity contribution is 0.0963. The predicted molar refractivity (Wildman–Crippen MR) is 73.1 cm³/mol. The second-order valence-electron chi connectivity index (χ2n) is 2.63. The van der Waals surface area contributed by atoms with Crippen LogP contribution in [0.1, 0.15) is 38.1 Å². The maximum atomic E-state index is 11.1. The molecule has 1 aromatic carbocycles. The first kappa shape index (κ1) is 16.5. The van der Waals surface area contributed by atoms with E-state index >= 15 is 0 Å². The molecule has 0 aliphatic heterocycles. The average molecular weight is 229 g/mol. The summed E-state index contributed by atoms with van der Waals surface area (Å²) in [6.45, 7) is 6.09. The highest BCUT2D eigenvalue weighted by molar-refractivity contribution is 7.59. The van der Waals surface area contributed by atoms with Gasteiger partial charge in [-0.1, -0.05) is 32.9 Å². The SMILES string of the molecule is CC.CCc1ccc(C(=O)NC)cc1.S.[HH]. The predicted octanol–water partition coefficient (Wildman–Crippen LogP) is 2.99. The molecule has 0 aliphatic rings. The van der Waals surface area contributed by atoms with Gasteiger partial charge in [-0.3, -0.25) is 4.79 Å². The Hall–Kier alpha value is -0.960. The zero-order chi connectivity index (χ0) is 11.0. The van der Waals surface area contributed by atoms with E-state index in [1.807, 2.05) is 38.1 Å². The molecule has 1 amide bonds. The van der Waals surface area contributed by atoms with E-state index in [4.69, 9.17) is 0 Å². The highest BCUT2D eigenvalue weighted by Crippen LogP contribution is 2.04. The molecule has 0 unspecified atom stereocenters. The summed E-state index contributed by atoms with van der Waals surface area (Å²) in [5.74, 6) is -0.0300. The van der Waals surface area contributed by atoms with Crippen molar-refractivity contribution < 1.29 is 6.22 Å². The van der Waals surface area contributed by atoms with Gasteiger partial charge in [-0.25, -0.2) is 0 Å². The molecule has 1 aromatic rings. The van der Waals surface area contributed by atoms with E-state index in [0.717, 1.165) is 12.0 Å². The van der Waals surface area contributed by atoms with Crippen molar-refractivity contribution in [3.63, 3.8) is 0 Å². The van der Waals surface area contributed by atoms with E-state index in [-0.39, 0.29) is 20.8 Å². The van der Waals surface area contributed by atoms with Gasteiger partial charge in [0.05, 0.1) is 0 Å². The summed E-state index contributed by atoms with van der Waals surface area (Å²) in [6.07, 6.45) is 1.01. The number of amides is 1. The van der Waals surface area contributed by atoms with Crippen molar-refractivity contribution in [2.75, 3.05) is 7.05 Å². The monoisotopic (exact) mass is 229 g/mol. The minimum atomic E-state index is -0.0300. The topological polar surface area (TPSA) is 29.1 Å². The Kier molecular flexibility index (Phi) is 10.5. The van der Waals surface area contributed by atoms with Crippen LogP contribution in [0.2, 0.25) is 0 Å². The highest BCUT2D eigenvalue weighted by Gasteiger charge is 2.00. The molecule has 1 rings (SSSR count). The van der Waals surface area contributed by atoms with Crippen LogP contribution in [0.5, 0.6) is 0 Å². The van der Waals surface area contributed by atoms with Gasteiger partial charge in [-0.15, -0.1) is 0 Å². The molecule has 0 atom stereocenters. The number of rotatable bonds is 2. The van der Waals surface area contributed by atoms with Gasteiger partial charge in [0.2, 0.25) is 0 Å². The Balaban J connectivity index is -0.000000399. The molecule has 88 valence electrons. The third kappa shape index (κ3) is 5.47. The summed E-state index contributed by atoms with van der Waals surface area (Å²) in [7, 11) is 1.63. The number of benzene rings is 1. The van der Waals surface area contributed by atoms with Crippen molar-refractivity contribution in [3.05, 3.63) is 35.4 Å². The van der Waals surface area contributed by atoms with Gasteiger partial charge in [-0.05, 0) is 24.1 Å². The Bertz CT molecular complexity index is 275. The van der Waals surface area contributed by atoms with E-state index in [1.54, 1.807) is 7.05 Å². The zero-order valence-electron chi connectivity index (χ0n) is 9.92. The number of hydrogen-bond acceptors (Lipinski definition) is 1. The number of carbonyl (C=O) groups is 1. The summed E-state index contributed by atoms with van der Waals surface area (Å²) in [6, 6.07) is 7.64. The Morgan fingerprint density at radius 1 is 1.27 bits per heavy atom. The van der Waals surface area contributed by atoms with Gasteiger partial charge >= 0.3 is 0 Å². The lowest BCUT2D eigenvalue weighted by Gasteiger charge is -2.00. The minimum absolute atomic E-state index is 0. The third-order valence-electron chi connectivity index (χ3n) is 1.85. The lowest BCUT2D eigenvalue weighted by atomic mass is 10.1. The fourth-order valence-corrected chi connectivity index (χ4v) is 1.04. The van der Waals surface area contributed by atoms with Crippen LogP contribution in [-0.4, -0.2) is 13.0 Å². The summed E-state index contributed by atoms with van der Waals surface area (Å²) in [5.41, 5.74) is 1.97. The Morgan fingerprint density at radius 2 is 1.73 bits per heavy atom. The number of aryl methyl sites for hydroxylation is 1. The highest BCUT2D eigenvalue weighted by atomic mass is 32.1. The molecule has 1 N–H and O–H groups in total. The van der Waals surface area contributed by atoms with Crippen molar-refractivity contribution in [2.45, 2.75) is 27.2 Å². The normalized spacial score (nSPS) is 8.00. The first-order valence-electron chi connectivity index (χ1n) is 5.09. The molecule has 0 radical (unpaired) electrons.